The van der Waals surface area contributed by atoms with Crippen LogP contribution in [-0.2, 0) is 11.3 Å². The molecule has 0 aliphatic heterocycles. The number of ether oxygens (including phenoxy) is 1. The molecule has 0 spiro atoms. The topological polar surface area (TPSA) is 55.0 Å². The van der Waals surface area contributed by atoms with Gasteiger partial charge in [0.1, 0.15) is 6.61 Å². The van der Waals surface area contributed by atoms with Gasteiger partial charge in [0.05, 0.1) is 5.52 Å². The van der Waals surface area contributed by atoms with Crippen LogP contribution in [0.5, 0.6) is 0 Å². The average molecular weight is 302 g/mol. The number of para-hydroxylation sites is 1. The van der Waals surface area contributed by atoms with E-state index in [1.807, 2.05) is 66.7 Å². The fourth-order valence-electron chi connectivity index (χ4n) is 2.75. The largest absolute Gasteiger partial charge is 0.456 e. The molecule has 0 aliphatic carbocycles. The van der Waals surface area contributed by atoms with E-state index < -0.39 is 5.97 Å². The van der Waals surface area contributed by atoms with Crippen LogP contribution in [-0.4, -0.2) is 16.2 Å². The first-order valence-corrected chi connectivity index (χ1v) is 7.40. The van der Waals surface area contributed by atoms with Gasteiger partial charge in [-0.15, -0.1) is 0 Å². The highest BCUT2D eigenvalue weighted by Crippen LogP contribution is 2.21. The number of H-pyrrole nitrogens is 1. The van der Waals surface area contributed by atoms with E-state index in [4.69, 9.17) is 4.74 Å². The lowest BCUT2D eigenvalue weighted by molar-refractivity contribution is 0.0469. The van der Waals surface area contributed by atoms with Gasteiger partial charge in [-0.25, -0.2) is 4.79 Å². The van der Waals surface area contributed by atoms with Crippen LogP contribution >= 0.6 is 0 Å². The number of rotatable bonds is 3. The van der Waals surface area contributed by atoms with Crippen LogP contribution in [0.3, 0.4) is 0 Å². The third-order valence-corrected chi connectivity index (χ3v) is 3.90. The summed E-state index contributed by atoms with van der Waals surface area (Å²) in [4.78, 5) is 12.3. The molecule has 1 N–H and O–H groups in total. The Labute approximate surface area is 132 Å². The van der Waals surface area contributed by atoms with Crippen LogP contribution in [0.2, 0.25) is 0 Å². The van der Waals surface area contributed by atoms with Crippen LogP contribution in [0.25, 0.3) is 21.7 Å². The molecule has 0 bridgehead atoms. The lowest BCUT2D eigenvalue weighted by Crippen LogP contribution is -2.06. The van der Waals surface area contributed by atoms with Gasteiger partial charge in [-0.3, -0.25) is 5.10 Å². The first-order chi connectivity index (χ1) is 11.3. The molecule has 0 atom stereocenters. The van der Waals surface area contributed by atoms with E-state index in [9.17, 15) is 4.79 Å². The van der Waals surface area contributed by atoms with Crippen molar-refractivity contribution in [3.05, 3.63) is 78.0 Å². The highest BCUT2D eigenvalue weighted by molar-refractivity contribution is 6.01. The molecule has 0 fully saturated rings. The molecule has 0 saturated heterocycles. The van der Waals surface area contributed by atoms with E-state index in [0.29, 0.717) is 5.69 Å². The zero-order valence-electron chi connectivity index (χ0n) is 12.3. The predicted octanol–water partition coefficient (Wildman–Crippen LogP) is 4.07. The summed E-state index contributed by atoms with van der Waals surface area (Å²) in [6.45, 7) is 0.224. The van der Waals surface area contributed by atoms with E-state index in [1.165, 1.54) is 0 Å². The molecule has 0 amide bonds. The summed E-state index contributed by atoms with van der Waals surface area (Å²) in [5, 5.41) is 9.91. The van der Waals surface area contributed by atoms with Gasteiger partial charge in [0.25, 0.3) is 0 Å². The molecule has 4 nitrogen and oxygen atoms in total. The summed E-state index contributed by atoms with van der Waals surface area (Å²) in [7, 11) is 0. The van der Waals surface area contributed by atoms with Crippen molar-refractivity contribution in [2.75, 3.05) is 0 Å². The minimum atomic E-state index is -0.421. The number of hydrogen-bond donors (Lipinski definition) is 1. The number of esters is 1. The number of carbonyl (C=O) groups excluding carboxylic acids is 1. The SMILES string of the molecule is O=C(OCc1cccc2ccccc12)c1n[nH]c2ccccc12. The molecule has 23 heavy (non-hydrogen) atoms. The Kier molecular flexibility index (Phi) is 3.27. The first-order valence-electron chi connectivity index (χ1n) is 7.40. The fourth-order valence-corrected chi connectivity index (χ4v) is 2.75. The average Bonchev–Trinajstić information content (AvgIpc) is 3.04. The number of nitrogens with zero attached hydrogens (tertiary/aromatic N) is 1. The van der Waals surface area contributed by atoms with Crippen molar-refractivity contribution in [1.29, 1.82) is 0 Å². The zero-order valence-corrected chi connectivity index (χ0v) is 12.3. The fraction of sp³-hybridized carbons (Fsp3) is 0.0526. The summed E-state index contributed by atoms with van der Waals surface area (Å²) < 4.78 is 5.47. The van der Waals surface area contributed by atoms with Crippen LogP contribution in [0.4, 0.5) is 0 Å². The monoisotopic (exact) mass is 302 g/mol. The van der Waals surface area contributed by atoms with Crippen molar-refractivity contribution in [2.24, 2.45) is 0 Å². The Bertz CT molecular complexity index is 999. The van der Waals surface area contributed by atoms with Gasteiger partial charge < -0.3 is 4.74 Å². The molecular formula is C19H14N2O2. The third-order valence-electron chi connectivity index (χ3n) is 3.90. The van der Waals surface area contributed by atoms with Gasteiger partial charge in [0.2, 0.25) is 0 Å². The zero-order chi connectivity index (χ0) is 15.6. The summed E-state index contributed by atoms with van der Waals surface area (Å²) in [6.07, 6.45) is 0. The Balaban J connectivity index is 1.60. The van der Waals surface area contributed by atoms with Gasteiger partial charge in [-0.2, -0.15) is 5.10 Å². The van der Waals surface area contributed by atoms with Gasteiger partial charge in [0, 0.05) is 5.39 Å². The Hall–Kier alpha value is -3.14. The van der Waals surface area contributed by atoms with Crippen molar-refractivity contribution in [1.82, 2.24) is 10.2 Å². The van der Waals surface area contributed by atoms with E-state index in [1.54, 1.807) is 0 Å². The highest BCUT2D eigenvalue weighted by atomic mass is 16.5. The molecule has 0 radical (unpaired) electrons. The predicted molar refractivity (Wildman–Crippen MR) is 89.2 cm³/mol. The van der Waals surface area contributed by atoms with E-state index in [-0.39, 0.29) is 6.61 Å². The second kappa shape index (κ2) is 5.57. The Morgan fingerprint density at radius 1 is 0.913 bits per heavy atom. The van der Waals surface area contributed by atoms with Crippen LogP contribution in [0.1, 0.15) is 16.1 Å². The number of aromatic nitrogens is 2. The standard InChI is InChI=1S/C19H14N2O2/c22-19(18-16-10-3-4-11-17(16)20-21-18)23-12-14-8-5-7-13-6-1-2-9-15(13)14/h1-11H,12H2,(H,20,21). The maximum Gasteiger partial charge on any atom is 0.359 e. The van der Waals surface area contributed by atoms with Gasteiger partial charge in [-0.05, 0) is 22.4 Å². The molecule has 4 rings (SSSR count). The van der Waals surface area contributed by atoms with Crippen molar-refractivity contribution in [3.8, 4) is 0 Å². The van der Waals surface area contributed by atoms with Gasteiger partial charge >= 0.3 is 5.97 Å². The Morgan fingerprint density at radius 2 is 1.65 bits per heavy atom. The van der Waals surface area contributed by atoms with Gasteiger partial charge in [0.15, 0.2) is 5.69 Å². The molecule has 112 valence electrons. The van der Waals surface area contributed by atoms with Crippen LogP contribution < -0.4 is 0 Å². The molecule has 4 heteroatoms. The number of carbonyl (C=O) groups is 1. The highest BCUT2D eigenvalue weighted by Gasteiger charge is 2.15. The third kappa shape index (κ3) is 2.44. The van der Waals surface area contributed by atoms with Crippen molar-refractivity contribution in [2.45, 2.75) is 6.61 Å². The number of aromatic amines is 1. The minimum absolute atomic E-state index is 0.224. The summed E-state index contributed by atoms with van der Waals surface area (Å²) in [5.74, 6) is -0.421. The minimum Gasteiger partial charge on any atom is -0.456 e. The van der Waals surface area contributed by atoms with Crippen molar-refractivity contribution < 1.29 is 9.53 Å². The van der Waals surface area contributed by atoms with E-state index >= 15 is 0 Å². The Morgan fingerprint density at radius 3 is 2.57 bits per heavy atom. The lowest BCUT2D eigenvalue weighted by Gasteiger charge is -2.07. The number of hydrogen-bond acceptors (Lipinski definition) is 3. The number of fused-ring (bicyclic) bond motifs is 2. The molecule has 3 aromatic carbocycles. The summed E-state index contributed by atoms with van der Waals surface area (Å²) in [6, 6.07) is 21.5. The number of benzene rings is 3. The molecule has 0 saturated carbocycles. The molecule has 1 heterocycles. The summed E-state index contributed by atoms with van der Waals surface area (Å²) in [5.41, 5.74) is 2.13. The second-order valence-electron chi connectivity index (χ2n) is 5.33. The molecule has 1 aromatic heterocycles. The maximum atomic E-state index is 12.3. The van der Waals surface area contributed by atoms with Crippen molar-refractivity contribution >= 4 is 27.6 Å². The van der Waals surface area contributed by atoms with E-state index in [0.717, 1.165) is 27.2 Å². The molecule has 4 aromatic rings. The lowest BCUT2D eigenvalue weighted by atomic mass is 10.1. The second-order valence-corrected chi connectivity index (χ2v) is 5.33. The summed E-state index contributed by atoms with van der Waals surface area (Å²) >= 11 is 0. The molecule has 0 aliphatic rings. The first kappa shape index (κ1) is 13.5. The van der Waals surface area contributed by atoms with Crippen molar-refractivity contribution in [3.63, 3.8) is 0 Å². The number of nitrogens with one attached hydrogen (secondary N) is 1. The smallest absolute Gasteiger partial charge is 0.359 e. The van der Waals surface area contributed by atoms with Gasteiger partial charge in [-0.1, -0.05) is 60.7 Å². The molecule has 0 unspecified atom stereocenters. The van der Waals surface area contributed by atoms with Crippen LogP contribution in [0.15, 0.2) is 66.7 Å². The van der Waals surface area contributed by atoms with E-state index in [2.05, 4.69) is 10.2 Å². The molecular weight excluding hydrogens is 288 g/mol. The normalized spacial score (nSPS) is 11.0. The quantitative estimate of drug-likeness (QED) is 0.580. The maximum absolute atomic E-state index is 12.3. The van der Waals surface area contributed by atoms with Crippen LogP contribution in [0, 0.1) is 0 Å².